The molecule has 3 aromatic carbocycles. The highest BCUT2D eigenvalue weighted by molar-refractivity contribution is 6.04. The van der Waals surface area contributed by atoms with E-state index in [1.54, 1.807) is 6.07 Å². The molecule has 12 nitrogen and oxygen atoms in total. The quantitative estimate of drug-likeness (QED) is 0.226. The minimum atomic E-state index is -0.862. The van der Waals surface area contributed by atoms with E-state index in [0.717, 1.165) is 86.9 Å². The number of hydrogen-bond donors (Lipinski definition) is 3. The number of piperidine rings is 2. The molecule has 3 aromatic rings. The number of carbonyl (C=O) groups excluding carboxylic acids is 4. The van der Waals surface area contributed by atoms with Gasteiger partial charge in [0.1, 0.15) is 23.7 Å². The largest absolute Gasteiger partial charge is 0.489 e. The number of aryl methyl sites for hydroxylation is 2. The van der Waals surface area contributed by atoms with Crippen LogP contribution in [0.1, 0.15) is 90.8 Å². The third-order valence-electron chi connectivity index (χ3n) is 13.1. The summed E-state index contributed by atoms with van der Waals surface area (Å²) in [4.78, 5) is 56.7. The fraction of sp³-hybridized carbons (Fsp3) is 0.500. The van der Waals surface area contributed by atoms with Gasteiger partial charge in [0, 0.05) is 86.0 Å². The Kier molecular flexibility index (Phi) is 11.8. The molecule has 1 aliphatic carbocycles. The van der Waals surface area contributed by atoms with Crippen molar-refractivity contribution in [3.8, 4) is 11.8 Å². The van der Waals surface area contributed by atoms with Crippen molar-refractivity contribution >= 4 is 35.0 Å². The lowest BCUT2D eigenvalue weighted by Crippen LogP contribution is -2.74. The Labute approximate surface area is 346 Å². The molecule has 4 fully saturated rings. The number of piperazine rings is 1. The van der Waals surface area contributed by atoms with Crippen LogP contribution in [-0.4, -0.2) is 92.5 Å². The summed E-state index contributed by atoms with van der Waals surface area (Å²) < 4.78 is 21.6. The van der Waals surface area contributed by atoms with Gasteiger partial charge in [-0.15, -0.1) is 0 Å². The summed E-state index contributed by atoms with van der Waals surface area (Å²) in [6.45, 7) is 18.5. The molecule has 312 valence electrons. The van der Waals surface area contributed by atoms with E-state index in [2.05, 4.69) is 64.4 Å². The van der Waals surface area contributed by atoms with Crippen LogP contribution in [0.2, 0.25) is 0 Å². The molecule has 1 atom stereocenters. The number of carbonyl (C=O) groups is 4. The Morgan fingerprint density at radius 1 is 0.831 bits per heavy atom. The van der Waals surface area contributed by atoms with Crippen LogP contribution < -0.4 is 30.5 Å². The lowest BCUT2D eigenvalue weighted by Gasteiger charge is -2.63. The number of hydrogen-bond acceptors (Lipinski definition) is 9. The highest BCUT2D eigenvalue weighted by atomic mass is 19.1. The highest BCUT2D eigenvalue weighted by Gasteiger charge is 2.64. The number of halogens is 1. The smallest absolute Gasteiger partial charge is 0.254 e. The van der Waals surface area contributed by atoms with E-state index in [0.29, 0.717) is 17.0 Å². The van der Waals surface area contributed by atoms with Crippen molar-refractivity contribution in [1.29, 1.82) is 5.26 Å². The van der Waals surface area contributed by atoms with Gasteiger partial charge in [-0.1, -0.05) is 27.7 Å². The molecule has 0 aromatic heterocycles. The highest BCUT2D eigenvalue weighted by Crippen LogP contribution is 2.55. The number of nitrogens with zero attached hydrogens (tertiary/aromatic N) is 4. The molecule has 0 radical (unpaired) electrons. The maximum absolute atomic E-state index is 15.1. The summed E-state index contributed by atoms with van der Waals surface area (Å²) >= 11 is 0. The zero-order valence-electron chi connectivity index (χ0n) is 35.0. The van der Waals surface area contributed by atoms with Gasteiger partial charge in [0.2, 0.25) is 11.8 Å². The third kappa shape index (κ3) is 8.65. The number of rotatable bonds is 10. The van der Waals surface area contributed by atoms with Crippen molar-refractivity contribution in [1.82, 2.24) is 20.9 Å². The molecule has 3 aliphatic heterocycles. The number of benzene rings is 3. The second kappa shape index (κ2) is 16.6. The lowest BCUT2D eigenvalue weighted by atomic mass is 9.49. The van der Waals surface area contributed by atoms with E-state index >= 15 is 4.39 Å². The predicted octanol–water partition coefficient (Wildman–Crippen LogP) is 5.50. The topological polar surface area (TPSA) is 147 Å². The molecule has 7 rings (SSSR count). The second-order valence-corrected chi connectivity index (χ2v) is 18.0. The maximum atomic E-state index is 15.1. The zero-order valence-corrected chi connectivity index (χ0v) is 35.0. The molecule has 59 heavy (non-hydrogen) atoms. The van der Waals surface area contributed by atoms with Crippen molar-refractivity contribution in [3.05, 3.63) is 88.2 Å². The van der Waals surface area contributed by atoms with Crippen molar-refractivity contribution < 1.29 is 28.3 Å². The summed E-state index contributed by atoms with van der Waals surface area (Å²) in [5.41, 5.74) is 4.17. The summed E-state index contributed by atoms with van der Waals surface area (Å²) in [5.74, 6) is -1.05. The average molecular weight is 806 g/mol. The SMILES string of the molecule is Cc1cc(OC2C(C)(C)C(NC(=O)c3ccc(N4CCC(CN5CCN(c6ccc(C(=O)NC7CCC(=O)NC7=O)c(F)c6)CC5)CC4)cc3)C2(C)C)cc(C)c1C#N. The number of ether oxygens (including phenoxy) is 1. The number of amides is 4. The van der Waals surface area contributed by atoms with Crippen LogP contribution >= 0.6 is 0 Å². The van der Waals surface area contributed by atoms with Crippen LogP contribution in [-0.2, 0) is 9.59 Å². The fourth-order valence-corrected chi connectivity index (χ4v) is 10.0. The van der Waals surface area contributed by atoms with Crippen molar-refractivity contribution in [2.75, 3.05) is 55.6 Å². The first-order valence-electron chi connectivity index (χ1n) is 20.8. The minimum Gasteiger partial charge on any atom is -0.489 e. The summed E-state index contributed by atoms with van der Waals surface area (Å²) in [6.07, 6.45) is 2.34. The monoisotopic (exact) mass is 805 g/mol. The second-order valence-electron chi connectivity index (χ2n) is 18.0. The molecule has 4 aliphatic rings. The standard InChI is InChI=1S/C46H56FN7O5/c1-28-23-34(24-29(2)36(28)26-48)59-44-45(3,4)43(46(44,5)6)51-40(56)31-7-9-32(10-8-31)53-17-15-30(16-18-53)27-52-19-21-54(22-20-52)33-11-12-35(37(47)25-33)41(57)49-38-13-14-39(55)50-42(38)58/h7-12,23-25,30,38,43-44H,13-22,27H2,1-6H3,(H,49,57)(H,51,56)(H,50,55,58). The predicted molar refractivity (Wildman–Crippen MR) is 224 cm³/mol. The molecule has 0 bridgehead atoms. The normalized spacial score (nSPS) is 23.1. The molecule has 4 amide bonds. The first-order valence-corrected chi connectivity index (χ1v) is 20.8. The van der Waals surface area contributed by atoms with E-state index in [9.17, 15) is 24.4 Å². The molecule has 3 saturated heterocycles. The Morgan fingerprint density at radius 3 is 2.03 bits per heavy atom. The Balaban J connectivity index is 0.846. The van der Waals surface area contributed by atoms with Gasteiger partial charge in [0.15, 0.2) is 0 Å². The van der Waals surface area contributed by atoms with Crippen molar-refractivity contribution in [2.24, 2.45) is 16.7 Å². The number of anilines is 2. The molecule has 1 saturated carbocycles. The molecule has 13 heteroatoms. The third-order valence-corrected chi connectivity index (χ3v) is 13.1. The molecule has 3 heterocycles. The number of nitrogens with one attached hydrogen (secondary N) is 3. The van der Waals surface area contributed by atoms with Crippen LogP contribution in [0.4, 0.5) is 15.8 Å². The van der Waals surface area contributed by atoms with Crippen LogP contribution in [0, 0.1) is 47.7 Å². The van der Waals surface area contributed by atoms with Crippen molar-refractivity contribution in [2.45, 2.75) is 85.4 Å². The maximum Gasteiger partial charge on any atom is 0.254 e. The van der Waals surface area contributed by atoms with Gasteiger partial charge in [0.05, 0.1) is 17.2 Å². The van der Waals surface area contributed by atoms with Crippen LogP contribution in [0.25, 0.3) is 0 Å². The Bertz CT molecular complexity index is 2110. The van der Waals surface area contributed by atoms with Crippen LogP contribution in [0.5, 0.6) is 5.75 Å². The van der Waals surface area contributed by atoms with Crippen LogP contribution in [0.15, 0.2) is 54.6 Å². The zero-order chi connectivity index (χ0) is 42.2. The summed E-state index contributed by atoms with van der Waals surface area (Å²) in [7, 11) is 0. The van der Waals surface area contributed by atoms with Crippen molar-refractivity contribution in [3.63, 3.8) is 0 Å². The van der Waals surface area contributed by atoms with Gasteiger partial charge in [-0.3, -0.25) is 29.4 Å². The van der Waals surface area contributed by atoms with E-state index in [1.807, 2.05) is 50.2 Å². The Hall–Kier alpha value is -5.48. The minimum absolute atomic E-state index is 0.0957. The van der Waals surface area contributed by atoms with E-state index in [4.69, 9.17) is 4.74 Å². The van der Waals surface area contributed by atoms with Crippen LogP contribution in [0.3, 0.4) is 0 Å². The molecule has 1 unspecified atom stereocenters. The number of nitriles is 1. The fourth-order valence-electron chi connectivity index (χ4n) is 10.0. The summed E-state index contributed by atoms with van der Waals surface area (Å²) in [5, 5.41) is 17.5. The van der Waals surface area contributed by atoms with Gasteiger partial charge in [-0.25, -0.2) is 4.39 Å². The molecule has 3 N–H and O–H groups in total. The first-order chi connectivity index (χ1) is 28.0. The van der Waals surface area contributed by atoms with E-state index in [-0.39, 0.29) is 53.2 Å². The summed E-state index contributed by atoms with van der Waals surface area (Å²) in [6, 6.07) is 17.7. The van der Waals surface area contributed by atoms with E-state index in [1.165, 1.54) is 12.1 Å². The molecular weight excluding hydrogens is 750 g/mol. The average Bonchev–Trinajstić information content (AvgIpc) is 3.20. The van der Waals surface area contributed by atoms with E-state index < -0.39 is 23.7 Å². The van der Waals surface area contributed by atoms with Gasteiger partial charge in [-0.2, -0.15) is 5.26 Å². The van der Waals surface area contributed by atoms with Gasteiger partial charge < -0.3 is 25.2 Å². The Morgan fingerprint density at radius 2 is 1.44 bits per heavy atom. The van der Waals surface area contributed by atoms with Gasteiger partial charge >= 0.3 is 0 Å². The van der Waals surface area contributed by atoms with Gasteiger partial charge in [0.25, 0.3) is 11.8 Å². The first kappa shape index (κ1) is 41.7. The molecule has 0 spiro atoms. The molecular formula is C46H56FN7O5. The number of imide groups is 1. The lowest BCUT2D eigenvalue weighted by molar-refractivity contribution is -0.164. The van der Waals surface area contributed by atoms with Gasteiger partial charge in [-0.05, 0) is 105 Å².